The van der Waals surface area contributed by atoms with Crippen LogP contribution < -0.4 is 0 Å². The van der Waals surface area contributed by atoms with E-state index in [1.54, 1.807) is 0 Å². The third-order valence-electron chi connectivity index (χ3n) is 3.10. The summed E-state index contributed by atoms with van der Waals surface area (Å²) in [5.74, 6) is 0. The van der Waals surface area contributed by atoms with Gasteiger partial charge in [-0.15, -0.1) is 0 Å². The molecule has 0 aliphatic carbocycles. The van der Waals surface area contributed by atoms with Crippen LogP contribution >= 0.6 is 0 Å². The zero-order chi connectivity index (χ0) is 11.2. The highest BCUT2D eigenvalue weighted by Gasteiger charge is 2.08. The first kappa shape index (κ1) is 8.70. The normalized spacial score (nSPS) is 11.5. The molecule has 4 rings (SSSR count). The lowest BCUT2D eigenvalue weighted by Crippen LogP contribution is -1.92. The highest BCUT2D eigenvalue weighted by Crippen LogP contribution is 2.26. The van der Waals surface area contributed by atoms with E-state index in [0.717, 1.165) is 27.5 Å². The summed E-state index contributed by atoms with van der Waals surface area (Å²) in [4.78, 5) is 8.95. The van der Waals surface area contributed by atoms with Crippen LogP contribution in [0.2, 0.25) is 0 Å². The van der Waals surface area contributed by atoms with Crippen LogP contribution in [0.15, 0.2) is 55.0 Å². The second-order valence-corrected chi connectivity index (χ2v) is 4.03. The van der Waals surface area contributed by atoms with Crippen molar-refractivity contribution in [3.63, 3.8) is 0 Å². The van der Waals surface area contributed by atoms with Gasteiger partial charge in [0.05, 0.1) is 22.1 Å². The van der Waals surface area contributed by atoms with Crippen LogP contribution in [-0.4, -0.2) is 14.4 Å². The molecule has 3 heteroatoms. The van der Waals surface area contributed by atoms with Gasteiger partial charge < -0.3 is 4.40 Å². The van der Waals surface area contributed by atoms with Gasteiger partial charge in [0, 0.05) is 24.0 Å². The van der Waals surface area contributed by atoms with E-state index in [4.69, 9.17) is 0 Å². The van der Waals surface area contributed by atoms with Crippen LogP contribution in [0.25, 0.3) is 27.5 Å². The summed E-state index contributed by atoms with van der Waals surface area (Å²) in [7, 11) is 0. The Hall–Kier alpha value is -2.42. The molecular weight excluding hydrogens is 210 g/mol. The van der Waals surface area contributed by atoms with Crippen molar-refractivity contribution in [3.8, 4) is 0 Å². The minimum absolute atomic E-state index is 0.999. The Morgan fingerprint density at radius 1 is 0.765 bits per heavy atom. The molecule has 4 heterocycles. The lowest BCUT2D eigenvalue weighted by atomic mass is 10.2. The molecule has 0 aliphatic heterocycles. The maximum atomic E-state index is 4.48. The number of hydrogen-bond donors (Lipinski definition) is 0. The molecular formula is C14H9N3. The molecule has 0 saturated carbocycles. The van der Waals surface area contributed by atoms with E-state index in [1.165, 1.54) is 0 Å². The zero-order valence-electron chi connectivity index (χ0n) is 9.04. The fourth-order valence-electron chi connectivity index (χ4n) is 2.38. The molecule has 0 unspecified atom stereocenters. The Bertz CT molecular complexity index is 776. The molecule has 3 nitrogen and oxygen atoms in total. The van der Waals surface area contributed by atoms with Crippen molar-refractivity contribution in [1.29, 1.82) is 0 Å². The molecule has 0 radical (unpaired) electrons. The quantitative estimate of drug-likeness (QED) is 0.425. The summed E-state index contributed by atoms with van der Waals surface area (Å²) in [5.41, 5.74) is 4.25. The molecule has 0 amide bonds. The average molecular weight is 219 g/mol. The van der Waals surface area contributed by atoms with E-state index in [2.05, 4.69) is 32.6 Å². The molecule has 0 aliphatic rings. The van der Waals surface area contributed by atoms with E-state index < -0.39 is 0 Å². The molecule has 0 bridgehead atoms. The first-order valence-electron chi connectivity index (χ1n) is 5.54. The van der Waals surface area contributed by atoms with Gasteiger partial charge in [-0.3, -0.25) is 9.97 Å². The number of aromatic nitrogens is 3. The topological polar surface area (TPSA) is 30.2 Å². The largest absolute Gasteiger partial charge is 0.313 e. The van der Waals surface area contributed by atoms with E-state index in [-0.39, 0.29) is 0 Å². The van der Waals surface area contributed by atoms with Crippen molar-refractivity contribution >= 4 is 27.5 Å². The van der Waals surface area contributed by atoms with Crippen LogP contribution in [0.3, 0.4) is 0 Å². The SMILES string of the molecule is c1cnc2c(c1)c1ncccc1n1cccc21. The monoisotopic (exact) mass is 219 g/mol. The van der Waals surface area contributed by atoms with Crippen molar-refractivity contribution in [1.82, 2.24) is 14.4 Å². The Kier molecular flexibility index (Phi) is 1.56. The smallest absolute Gasteiger partial charge is 0.0964 e. The number of pyridine rings is 3. The standard InChI is InChI=1S/C14H9N3/c1-4-10-13-11(5-2-8-16-13)17-9-3-6-12(17)14(10)15-7-1/h1-9H. The molecule has 0 spiro atoms. The van der Waals surface area contributed by atoms with E-state index in [1.807, 2.05) is 36.8 Å². The van der Waals surface area contributed by atoms with Gasteiger partial charge in [0.15, 0.2) is 0 Å². The minimum Gasteiger partial charge on any atom is -0.313 e. The van der Waals surface area contributed by atoms with Crippen molar-refractivity contribution in [2.75, 3.05) is 0 Å². The Labute approximate surface area is 97.4 Å². The predicted molar refractivity (Wildman–Crippen MR) is 68.0 cm³/mol. The molecule has 0 atom stereocenters. The molecule has 0 fully saturated rings. The van der Waals surface area contributed by atoms with Crippen molar-refractivity contribution in [2.24, 2.45) is 0 Å². The number of fused-ring (bicyclic) bond motifs is 6. The predicted octanol–water partition coefficient (Wildman–Crippen LogP) is 3.04. The maximum absolute atomic E-state index is 4.48. The molecule has 80 valence electrons. The van der Waals surface area contributed by atoms with Crippen LogP contribution in [0.5, 0.6) is 0 Å². The fraction of sp³-hybridized carbons (Fsp3) is 0. The van der Waals surface area contributed by atoms with Gasteiger partial charge in [0.2, 0.25) is 0 Å². The van der Waals surface area contributed by atoms with Gasteiger partial charge in [0.1, 0.15) is 0 Å². The van der Waals surface area contributed by atoms with Crippen LogP contribution in [0.4, 0.5) is 0 Å². The van der Waals surface area contributed by atoms with Gasteiger partial charge in [-0.1, -0.05) is 0 Å². The Morgan fingerprint density at radius 2 is 1.41 bits per heavy atom. The summed E-state index contributed by atoms with van der Waals surface area (Å²) in [6.07, 6.45) is 5.70. The van der Waals surface area contributed by atoms with Gasteiger partial charge in [-0.05, 0) is 36.4 Å². The molecule has 4 aromatic heterocycles. The summed E-state index contributed by atoms with van der Waals surface area (Å²) >= 11 is 0. The molecule has 0 saturated heterocycles. The van der Waals surface area contributed by atoms with Crippen molar-refractivity contribution < 1.29 is 0 Å². The molecule has 17 heavy (non-hydrogen) atoms. The van der Waals surface area contributed by atoms with Crippen LogP contribution in [-0.2, 0) is 0 Å². The highest BCUT2D eigenvalue weighted by atomic mass is 14.9. The number of hydrogen-bond acceptors (Lipinski definition) is 2. The van der Waals surface area contributed by atoms with E-state index >= 15 is 0 Å². The zero-order valence-corrected chi connectivity index (χ0v) is 9.04. The Morgan fingerprint density at radius 3 is 2.18 bits per heavy atom. The molecule has 0 aromatic carbocycles. The first-order valence-corrected chi connectivity index (χ1v) is 5.54. The lowest BCUT2D eigenvalue weighted by molar-refractivity contribution is 1.25. The third-order valence-corrected chi connectivity index (χ3v) is 3.10. The summed E-state index contributed by atoms with van der Waals surface area (Å²) < 4.78 is 2.14. The minimum atomic E-state index is 0.999. The summed E-state index contributed by atoms with van der Waals surface area (Å²) in [6, 6.07) is 12.2. The van der Waals surface area contributed by atoms with Gasteiger partial charge in [0.25, 0.3) is 0 Å². The molecule has 0 N–H and O–H groups in total. The van der Waals surface area contributed by atoms with E-state index in [0.29, 0.717) is 0 Å². The van der Waals surface area contributed by atoms with Gasteiger partial charge in [-0.2, -0.15) is 0 Å². The number of rotatable bonds is 0. The average Bonchev–Trinajstić information content (AvgIpc) is 2.89. The van der Waals surface area contributed by atoms with Crippen molar-refractivity contribution in [3.05, 3.63) is 55.0 Å². The van der Waals surface area contributed by atoms with Gasteiger partial charge in [-0.25, -0.2) is 0 Å². The number of nitrogens with zero attached hydrogens (tertiary/aromatic N) is 3. The third kappa shape index (κ3) is 1.05. The lowest BCUT2D eigenvalue weighted by Gasteiger charge is -2.06. The summed E-state index contributed by atoms with van der Waals surface area (Å²) in [6.45, 7) is 0. The van der Waals surface area contributed by atoms with Crippen LogP contribution in [0, 0.1) is 0 Å². The summed E-state index contributed by atoms with van der Waals surface area (Å²) in [5, 5.41) is 1.11. The maximum Gasteiger partial charge on any atom is 0.0964 e. The van der Waals surface area contributed by atoms with Crippen LogP contribution in [0.1, 0.15) is 0 Å². The second kappa shape index (κ2) is 3.04. The van der Waals surface area contributed by atoms with E-state index in [9.17, 15) is 0 Å². The van der Waals surface area contributed by atoms with Gasteiger partial charge >= 0.3 is 0 Å². The molecule has 4 aromatic rings. The Balaban J connectivity index is 2.48. The first-order chi connectivity index (χ1) is 8.45. The fourth-order valence-corrected chi connectivity index (χ4v) is 2.38. The highest BCUT2D eigenvalue weighted by molar-refractivity contribution is 6.08. The van der Waals surface area contributed by atoms with Crippen molar-refractivity contribution in [2.45, 2.75) is 0 Å². The second-order valence-electron chi connectivity index (χ2n) is 4.03.